The summed E-state index contributed by atoms with van der Waals surface area (Å²) >= 11 is 6.26. The van der Waals surface area contributed by atoms with E-state index in [0.717, 1.165) is 43.2 Å². The van der Waals surface area contributed by atoms with E-state index in [1.165, 1.54) is 0 Å². The summed E-state index contributed by atoms with van der Waals surface area (Å²) in [5.74, 6) is 1.71. The zero-order valence-electron chi connectivity index (χ0n) is 15.1. The first-order valence-corrected chi connectivity index (χ1v) is 9.19. The molecule has 0 bridgehead atoms. The zero-order valence-corrected chi connectivity index (χ0v) is 15.9. The highest BCUT2D eigenvalue weighted by molar-refractivity contribution is 6.32. The Hall–Kier alpha value is -2.24. The number of nitrogens with zero attached hydrogens (tertiary/aromatic N) is 3. The Morgan fingerprint density at radius 2 is 2.04 bits per heavy atom. The van der Waals surface area contributed by atoms with Gasteiger partial charge in [-0.05, 0) is 36.9 Å². The van der Waals surface area contributed by atoms with E-state index < -0.39 is 0 Å². The van der Waals surface area contributed by atoms with Gasteiger partial charge in [-0.3, -0.25) is 0 Å². The third-order valence-electron chi connectivity index (χ3n) is 4.42. The van der Waals surface area contributed by atoms with Crippen molar-refractivity contribution in [2.24, 2.45) is 0 Å². The van der Waals surface area contributed by atoms with E-state index in [1.54, 1.807) is 6.08 Å². The monoisotopic (exact) mass is 372 g/mol. The molecule has 6 heteroatoms. The molecule has 26 heavy (non-hydrogen) atoms. The van der Waals surface area contributed by atoms with Gasteiger partial charge in [0.05, 0.1) is 16.9 Å². The van der Waals surface area contributed by atoms with E-state index in [-0.39, 0.29) is 0 Å². The average Bonchev–Trinajstić information content (AvgIpc) is 2.67. The maximum Gasteiger partial charge on any atom is 0.138 e. The molecule has 0 aliphatic carbocycles. The Balaban J connectivity index is 1.54. The number of aromatic nitrogens is 1. The van der Waals surface area contributed by atoms with Gasteiger partial charge in [0.25, 0.3) is 0 Å². The second kappa shape index (κ2) is 8.92. The molecule has 2 heterocycles. The van der Waals surface area contributed by atoms with E-state index in [0.29, 0.717) is 23.9 Å². The fourth-order valence-electron chi connectivity index (χ4n) is 2.84. The molecule has 1 aromatic carbocycles. The third kappa shape index (κ3) is 4.90. The van der Waals surface area contributed by atoms with Crippen molar-refractivity contribution < 1.29 is 4.74 Å². The molecule has 1 saturated heterocycles. The minimum Gasteiger partial charge on any atom is -0.488 e. The molecule has 5 nitrogen and oxygen atoms in total. The molecular weight excluding hydrogens is 348 g/mol. The predicted molar refractivity (Wildman–Crippen MR) is 108 cm³/mol. The van der Waals surface area contributed by atoms with E-state index in [9.17, 15) is 0 Å². The van der Waals surface area contributed by atoms with Gasteiger partial charge >= 0.3 is 0 Å². The van der Waals surface area contributed by atoms with Crippen LogP contribution < -0.4 is 15.0 Å². The number of rotatable bonds is 7. The van der Waals surface area contributed by atoms with Gasteiger partial charge in [-0.25, -0.2) is 4.98 Å². The topological polar surface area (TPSA) is 40.6 Å². The Bertz CT molecular complexity index is 727. The van der Waals surface area contributed by atoms with Crippen molar-refractivity contribution in [3.05, 3.63) is 59.8 Å². The van der Waals surface area contributed by atoms with Crippen molar-refractivity contribution in [3.8, 4) is 5.75 Å². The van der Waals surface area contributed by atoms with Gasteiger partial charge < -0.3 is 19.9 Å². The predicted octanol–water partition coefficient (Wildman–Crippen LogP) is 3.66. The molecule has 0 radical (unpaired) electrons. The van der Waals surface area contributed by atoms with Crippen LogP contribution in [0.2, 0.25) is 5.02 Å². The zero-order chi connectivity index (χ0) is 18.4. The second-order valence-corrected chi connectivity index (χ2v) is 6.82. The van der Waals surface area contributed by atoms with Gasteiger partial charge in [0.15, 0.2) is 0 Å². The molecule has 1 aliphatic heterocycles. The molecule has 0 amide bonds. The molecule has 0 spiro atoms. The lowest BCUT2D eigenvalue weighted by Crippen LogP contribution is -2.44. The van der Waals surface area contributed by atoms with Crippen molar-refractivity contribution in [1.29, 1.82) is 0 Å². The fraction of sp³-hybridized carbons (Fsp3) is 0.350. The summed E-state index contributed by atoms with van der Waals surface area (Å²) in [6.07, 6.45) is 3.58. The lowest BCUT2D eigenvalue weighted by molar-refractivity contribution is 0.312. The Morgan fingerprint density at radius 3 is 2.69 bits per heavy atom. The van der Waals surface area contributed by atoms with Crippen LogP contribution >= 0.6 is 11.6 Å². The van der Waals surface area contributed by atoms with Gasteiger partial charge in [-0.2, -0.15) is 0 Å². The van der Waals surface area contributed by atoms with Gasteiger partial charge in [0, 0.05) is 32.7 Å². The van der Waals surface area contributed by atoms with Crippen LogP contribution in [0.3, 0.4) is 0 Å². The summed E-state index contributed by atoms with van der Waals surface area (Å²) in [4.78, 5) is 9.26. The van der Waals surface area contributed by atoms with E-state index >= 15 is 0 Å². The minimum absolute atomic E-state index is 0.447. The fourth-order valence-corrected chi connectivity index (χ4v) is 3.10. The van der Waals surface area contributed by atoms with Crippen molar-refractivity contribution in [2.75, 3.05) is 50.1 Å². The van der Waals surface area contributed by atoms with Crippen molar-refractivity contribution in [1.82, 2.24) is 9.88 Å². The average molecular weight is 373 g/mol. The molecule has 3 rings (SSSR count). The van der Waals surface area contributed by atoms with Crippen molar-refractivity contribution >= 4 is 23.1 Å². The van der Waals surface area contributed by atoms with E-state index in [2.05, 4.69) is 45.9 Å². The van der Waals surface area contributed by atoms with Crippen LogP contribution in [0.4, 0.5) is 11.5 Å². The van der Waals surface area contributed by atoms with Crippen LogP contribution in [-0.4, -0.2) is 49.7 Å². The van der Waals surface area contributed by atoms with Crippen LogP contribution in [0.15, 0.2) is 49.2 Å². The molecule has 0 unspecified atom stereocenters. The molecule has 1 aromatic heterocycles. The van der Waals surface area contributed by atoms with Gasteiger partial charge in [0.1, 0.15) is 18.2 Å². The molecule has 2 aromatic rings. The maximum atomic E-state index is 6.26. The number of likely N-dealkylation sites (N-methyl/N-ethyl adjacent to an activating group) is 1. The van der Waals surface area contributed by atoms with Crippen molar-refractivity contribution in [2.45, 2.75) is 6.54 Å². The molecule has 1 N–H and O–H groups in total. The number of nitrogens with one attached hydrogen (secondary N) is 1. The first kappa shape index (κ1) is 18.5. The number of ether oxygens (including phenoxy) is 1. The molecule has 1 fully saturated rings. The Labute approximate surface area is 160 Å². The number of piperazine rings is 1. The Morgan fingerprint density at radius 1 is 1.23 bits per heavy atom. The van der Waals surface area contributed by atoms with Crippen LogP contribution in [0.25, 0.3) is 0 Å². The summed E-state index contributed by atoms with van der Waals surface area (Å²) in [6.45, 7) is 8.96. The van der Waals surface area contributed by atoms with Gasteiger partial charge in [-0.15, -0.1) is 0 Å². The van der Waals surface area contributed by atoms with E-state index in [1.807, 2.05) is 24.4 Å². The van der Waals surface area contributed by atoms with Crippen LogP contribution in [-0.2, 0) is 6.54 Å². The normalized spacial score (nSPS) is 14.9. The molecule has 0 saturated carbocycles. The number of hydrogen-bond donors (Lipinski definition) is 1. The summed E-state index contributed by atoms with van der Waals surface area (Å²) in [6, 6.07) is 9.95. The molecular formula is C20H25ClN4O. The largest absolute Gasteiger partial charge is 0.488 e. The number of pyridine rings is 1. The van der Waals surface area contributed by atoms with Crippen LogP contribution in [0.5, 0.6) is 5.75 Å². The van der Waals surface area contributed by atoms with Crippen LogP contribution in [0, 0.1) is 0 Å². The standard InChI is InChI=1S/C20H25ClN4O/c1-3-12-26-19-6-4-16(13-18(19)21)14-22-17-5-7-20(23-15-17)25-10-8-24(2)9-11-25/h3-7,13,15,22H,1,8-12,14H2,2H3. The number of hydrogen-bond acceptors (Lipinski definition) is 5. The first-order valence-electron chi connectivity index (χ1n) is 8.81. The summed E-state index contributed by atoms with van der Waals surface area (Å²) < 4.78 is 5.49. The number of anilines is 2. The summed E-state index contributed by atoms with van der Waals surface area (Å²) in [5, 5.41) is 3.99. The molecule has 138 valence electrons. The smallest absolute Gasteiger partial charge is 0.138 e. The lowest BCUT2D eigenvalue weighted by Gasteiger charge is -2.33. The summed E-state index contributed by atoms with van der Waals surface area (Å²) in [5.41, 5.74) is 2.08. The van der Waals surface area contributed by atoms with Crippen molar-refractivity contribution in [3.63, 3.8) is 0 Å². The second-order valence-electron chi connectivity index (χ2n) is 6.41. The SMILES string of the molecule is C=CCOc1ccc(CNc2ccc(N3CCN(C)CC3)nc2)cc1Cl. The quantitative estimate of drug-likeness (QED) is 0.751. The van der Waals surface area contributed by atoms with Gasteiger partial charge in [0.2, 0.25) is 0 Å². The Kier molecular flexibility index (Phi) is 6.36. The lowest BCUT2D eigenvalue weighted by atomic mass is 10.2. The highest BCUT2D eigenvalue weighted by Crippen LogP contribution is 2.26. The van der Waals surface area contributed by atoms with Gasteiger partial charge in [-0.1, -0.05) is 30.3 Å². The maximum absolute atomic E-state index is 6.26. The molecule has 1 aliphatic rings. The minimum atomic E-state index is 0.447. The molecule has 0 atom stereocenters. The number of benzene rings is 1. The first-order chi connectivity index (χ1) is 12.7. The van der Waals surface area contributed by atoms with E-state index in [4.69, 9.17) is 16.3 Å². The number of halogens is 1. The van der Waals surface area contributed by atoms with Crippen LogP contribution in [0.1, 0.15) is 5.56 Å². The highest BCUT2D eigenvalue weighted by Gasteiger charge is 2.14. The third-order valence-corrected chi connectivity index (χ3v) is 4.72. The summed E-state index contributed by atoms with van der Waals surface area (Å²) in [7, 11) is 2.15. The highest BCUT2D eigenvalue weighted by atomic mass is 35.5.